The molecule has 0 unspecified atom stereocenters. The number of amides is 1. The van der Waals surface area contributed by atoms with E-state index in [-0.39, 0.29) is 30.2 Å². The summed E-state index contributed by atoms with van der Waals surface area (Å²) in [7, 11) is 0. The molecule has 0 bridgehead atoms. The molecule has 1 saturated heterocycles. The minimum Gasteiger partial charge on any atom is -0.379 e. The molecule has 158 valence electrons. The molecule has 0 spiro atoms. The Morgan fingerprint density at radius 2 is 2.23 bits per heavy atom. The van der Waals surface area contributed by atoms with Crippen molar-refractivity contribution in [2.75, 3.05) is 24.4 Å². The van der Waals surface area contributed by atoms with Gasteiger partial charge in [0, 0.05) is 35.5 Å². The van der Waals surface area contributed by atoms with Gasteiger partial charge in [-0.15, -0.1) is 0 Å². The average Bonchev–Trinajstić information content (AvgIpc) is 2.74. The maximum absolute atomic E-state index is 15.0. The Bertz CT molecular complexity index is 991. The van der Waals surface area contributed by atoms with Crippen LogP contribution in [0.15, 0.2) is 41.5 Å². The first-order chi connectivity index (χ1) is 14.4. The molecule has 4 rings (SSSR count). The zero-order valence-electron chi connectivity index (χ0n) is 15.8. The van der Waals surface area contributed by atoms with E-state index in [1.165, 1.54) is 42.2 Å². The van der Waals surface area contributed by atoms with Gasteiger partial charge in [-0.05, 0) is 30.3 Å². The highest BCUT2D eigenvalue weighted by Gasteiger charge is 2.49. The molecule has 10 heteroatoms. The number of nitrogens with two attached hydrogens (primary N) is 1. The molecule has 2 aliphatic rings. The summed E-state index contributed by atoms with van der Waals surface area (Å²) in [5.41, 5.74) is 5.73. The van der Waals surface area contributed by atoms with Crippen molar-refractivity contribution in [1.82, 2.24) is 4.98 Å². The van der Waals surface area contributed by atoms with Crippen LogP contribution in [-0.2, 0) is 10.3 Å². The highest BCUT2D eigenvalue weighted by Crippen LogP contribution is 2.48. The van der Waals surface area contributed by atoms with E-state index in [9.17, 15) is 13.6 Å². The number of benzene rings is 1. The SMILES string of the molecule is NC1=N[C@@]2(c3cc(NC(=O)c4ccc(Cl)cn4)ccc3F)C[C@H](CF)OC[C@H]2CS1. The number of carbonyl (C=O) groups is 1. The number of fused-ring (bicyclic) bond motifs is 1. The zero-order valence-corrected chi connectivity index (χ0v) is 17.4. The second kappa shape index (κ2) is 8.49. The zero-order chi connectivity index (χ0) is 21.3. The molecular weight excluding hydrogens is 434 g/mol. The van der Waals surface area contributed by atoms with Gasteiger partial charge in [0.05, 0.1) is 23.3 Å². The molecule has 2 aliphatic heterocycles. The summed E-state index contributed by atoms with van der Waals surface area (Å²) in [6, 6.07) is 7.29. The molecule has 1 fully saturated rings. The highest BCUT2D eigenvalue weighted by molar-refractivity contribution is 8.13. The summed E-state index contributed by atoms with van der Waals surface area (Å²) in [4.78, 5) is 21.1. The highest BCUT2D eigenvalue weighted by atomic mass is 35.5. The minimum atomic E-state index is -1.05. The van der Waals surface area contributed by atoms with Crippen LogP contribution in [0.4, 0.5) is 14.5 Å². The molecule has 6 nitrogen and oxygen atoms in total. The van der Waals surface area contributed by atoms with Crippen LogP contribution in [0.5, 0.6) is 0 Å². The molecule has 3 N–H and O–H groups in total. The standard InChI is InChI=1S/C20H19ClF2N4O2S/c21-12-1-4-17(25-8-12)18(28)26-13-2-3-16(23)15(5-13)20-6-14(7-22)29-9-11(20)10-30-19(24)27-20/h1-5,8,11,14H,6-7,9-10H2,(H2,24,27)(H,26,28)/t11-,14+,20-/m0/s1. The van der Waals surface area contributed by atoms with Crippen molar-refractivity contribution in [2.24, 2.45) is 16.6 Å². The third-order valence-corrected chi connectivity index (χ3v) is 6.49. The lowest BCUT2D eigenvalue weighted by molar-refractivity contribution is -0.0620. The molecule has 0 saturated carbocycles. The third kappa shape index (κ3) is 4.01. The number of nitrogens with one attached hydrogen (secondary N) is 1. The topological polar surface area (TPSA) is 89.6 Å². The fraction of sp³-hybridized carbons (Fsp3) is 0.350. The van der Waals surface area contributed by atoms with Crippen LogP contribution < -0.4 is 11.1 Å². The number of nitrogens with zero attached hydrogens (tertiary/aromatic N) is 2. The van der Waals surface area contributed by atoms with Crippen molar-refractivity contribution < 1.29 is 18.3 Å². The number of hydrogen-bond donors (Lipinski definition) is 2. The fourth-order valence-corrected chi connectivity index (χ4v) is 4.91. The van der Waals surface area contributed by atoms with E-state index in [0.29, 0.717) is 21.6 Å². The summed E-state index contributed by atoms with van der Waals surface area (Å²) < 4.78 is 34.0. The number of aliphatic imine (C=N–C) groups is 1. The third-order valence-electron chi connectivity index (χ3n) is 5.31. The van der Waals surface area contributed by atoms with Crippen LogP contribution in [0.1, 0.15) is 22.5 Å². The average molecular weight is 453 g/mol. The molecule has 0 radical (unpaired) electrons. The monoisotopic (exact) mass is 452 g/mol. The number of amidine groups is 1. The Hall–Kier alpha value is -2.23. The van der Waals surface area contributed by atoms with Crippen molar-refractivity contribution in [3.05, 3.63) is 58.6 Å². The van der Waals surface area contributed by atoms with E-state index in [1.807, 2.05) is 0 Å². The smallest absolute Gasteiger partial charge is 0.274 e. The van der Waals surface area contributed by atoms with Gasteiger partial charge in [-0.25, -0.2) is 13.8 Å². The van der Waals surface area contributed by atoms with Gasteiger partial charge in [0.15, 0.2) is 5.17 Å². The van der Waals surface area contributed by atoms with E-state index in [0.717, 1.165) is 0 Å². The van der Waals surface area contributed by atoms with Gasteiger partial charge < -0.3 is 15.8 Å². The predicted molar refractivity (Wildman–Crippen MR) is 113 cm³/mol. The molecule has 3 heterocycles. The maximum Gasteiger partial charge on any atom is 0.274 e. The van der Waals surface area contributed by atoms with Gasteiger partial charge in [-0.2, -0.15) is 0 Å². The summed E-state index contributed by atoms with van der Waals surface area (Å²) in [5, 5.41) is 3.45. The van der Waals surface area contributed by atoms with Crippen LogP contribution in [0.2, 0.25) is 5.02 Å². The molecule has 30 heavy (non-hydrogen) atoms. The van der Waals surface area contributed by atoms with E-state index in [1.54, 1.807) is 6.07 Å². The quantitative estimate of drug-likeness (QED) is 0.737. The normalized spacial score (nSPS) is 25.9. The van der Waals surface area contributed by atoms with Crippen molar-refractivity contribution in [2.45, 2.75) is 18.1 Å². The van der Waals surface area contributed by atoms with Crippen LogP contribution in [0, 0.1) is 11.7 Å². The second-order valence-electron chi connectivity index (χ2n) is 7.21. The number of alkyl halides is 1. The maximum atomic E-state index is 15.0. The Morgan fingerprint density at radius 3 is 2.97 bits per heavy atom. The summed E-state index contributed by atoms with van der Waals surface area (Å²) in [6.45, 7) is -0.444. The lowest BCUT2D eigenvalue weighted by atomic mass is 9.73. The lowest BCUT2D eigenvalue weighted by Crippen LogP contribution is -2.50. The number of anilines is 1. The molecule has 2 aromatic rings. The number of thioether (sulfide) groups is 1. The van der Waals surface area contributed by atoms with Gasteiger partial charge in [-0.3, -0.25) is 9.79 Å². The fourth-order valence-electron chi connectivity index (χ4n) is 3.83. The van der Waals surface area contributed by atoms with Gasteiger partial charge in [-0.1, -0.05) is 23.4 Å². The van der Waals surface area contributed by atoms with E-state index >= 15 is 0 Å². The van der Waals surface area contributed by atoms with Crippen molar-refractivity contribution in [3.8, 4) is 0 Å². The predicted octanol–water partition coefficient (Wildman–Crippen LogP) is 3.76. The Labute approximate surface area is 181 Å². The van der Waals surface area contributed by atoms with Crippen LogP contribution >= 0.6 is 23.4 Å². The van der Waals surface area contributed by atoms with Gasteiger partial charge >= 0.3 is 0 Å². The van der Waals surface area contributed by atoms with Crippen LogP contribution in [0.3, 0.4) is 0 Å². The van der Waals surface area contributed by atoms with Gasteiger partial charge in [0.2, 0.25) is 0 Å². The lowest BCUT2D eigenvalue weighted by Gasteiger charge is -2.46. The Kier molecular flexibility index (Phi) is 5.95. The first kappa shape index (κ1) is 21.0. The number of carbonyl (C=O) groups excluding carboxylic acids is 1. The largest absolute Gasteiger partial charge is 0.379 e. The summed E-state index contributed by atoms with van der Waals surface area (Å²) >= 11 is 7.17. The molecule has 1 amide bonds. The first-order valence-corrected chi connectivity index (χ1v) is 10.7. The van der Waals surface area contributed by atoms with Crippen molar-refractivity contribution in [3.63, 3.8) is 0 Å². The van der Waals surface area contributed by atoms with Crippen LogP contribution in [-0.4, -0.2) is 41.2 Å². The van der Waals surface area contributed by atoms with Gasteiger partial charge in [0.1, 0.15) is 18.2 Å². The second-order valence-corrected chi connectivity index (χ2v) is 8.68. The van der Waals surface area contributed by atoms with E-state index in [2.05, 4.69) is 15.3 Å². The molecule has 1 aromatic carbocycles. The molecule has 1 aromatic heterocycles. The summed E-state index contributed by atoms with van der Waals surface area (Å²) in [5.74, 6) is -0.547. The number of aromatic nitrogens is 1. The summed E-state index contributed by atoms with van der Waals surface area (Å²) in [6.07, 6.45) is 0.839. The minimum absolute atomic E-state index is 0.168. The van der Waals surface area contributed by atoms with E-state index < -0.39 is 30.0 Å². The van der Waals surface area contributed by atoms with Crippen molar-refractivity contribution >= 4 is 40.1 Å². The number of hydrogen-bond acceptors (Lipinski definition) is 6. The number of ether oxygens (including phenoxy) is 1. The number of rotatable bonds is 4. The molecular formula is C20H19ClF2N4O2S. The Morgan fingerprint density at radius 1 is 1.40 bits per heavy atom. The van der Waals surface area contributed by atoms with E-state index in [4.69, 9.17) is 22.1 Å². The number of pyridine rings is 1. The molecule has 0 aliphatic carbocycles. The Balaban J connectivity index is 1.70. The molecule has 3 atom stereocenters. The van der Waals surface area contributed by atoms with Crippen molar-refractivity contribution in [1.29, 1.82) is 0 Å². The van der Waals surface area contributed by atoms with Gasteiger partial charge in [0.25, 0.3) is 5.91 Å². The number of halogens is 3. The first-order valence-electron chi connectivity index (χ1n) is 9.30. The van der Waals surface area contributed by atoms with Crippen LogP contribution in [0.25, 0.3) is 0 Å².